The molecule has 1 atom stereocenters. The molecule has 0 saturated carbocycles. The van der Waals surface area contributed by atoms with E-state index in [2.05, 4.69) is 10.6 Å². The van der Waals surface area contributed by atoms with E-state index in [4.69, 9.17) is 16.3 Å². The quantitative estimate of drug-likeness (QED) is 0.430. The first kappa shape index (κ1) is 20.8. The number of amides is 2. The van der Waals surface area contributed by atoms with Crippen LogP contribution in [0.5, 0.6) is 0 Å². The fourth-order valence-electron chi connectivity index (χ4n) is 2.19. The van der Waals surface area contributed by atoms with Gasteiger partial charge in [-0.1, -0.05) is 11.6 Å². The van der Waals surface area contributed by atoms with Crippen molar-refractivity contribution in [3.63, 3.8) is 0 Å². The van der Waals surface area contributed by atoms with Crippen LogP contribution in [-0.4, -0.2) is 28.8 Å². The molecule has 2 aromatic carbocycles. The van der Waals surface area contributed by atoms with Crippen LogP contribution in [0, 0.1) is 10.1 Å². The van der Waals surface area contributed by atoms with Gasteiger partial charge in [-0.05, 0) is 43.3 Å². The molecule has 10 heteroatoms. The average Bonchev–Trinajstić information content (AvgIpc) is 2.62. The first-order valence-electron chi connectivity index (χ1n) is 8.01. The van der Waals surface area contributed by atoms with Crippen molar-refractivity contribution in [2.75, 3.05) is 10.6 Å². The van der Waals surface area contributed by atoms with E-state index in [-0.39, 0.29) is 16.5 Å². The molecule has 0 bridgehead atoms. The lowest BCUT2D eigenvalue weighted by Crippen LogP contribution is -2.30. The number of carbonyl (C=O) groups is 3. The maximum atomic E-state index is 12.2. The van der Waals surface area contributed by atoms with Crippen molar-refractivity contribution in [2.45, 2.75) is 20.0 Å². The number of nitro benzene ring substituents is 1. The standard InChI is InChI=1S/C18H16ClN3O6/c1-10(17(24)21-14-6-4-13(5-7-14)20-11(2)23)28-18(25)15-9-12(19)3-8-16(15)22(26)27/h3-10H,1-2H3,(H,20,23)(H,21,24)/t10-/m1/s1. The summed E-state index contributed by atoms with van der Waals surface area (Å²) in [6, 6.07) is 9.75. The Balaban J connectivity index is 2.04. The monoisotopic (exact) mass is 405 g/mol. The lowest BCUT2D eigenvalue weighted by atomic mass is 10.2. The SMILES string of the molecule is CC(=O)Nc1ccc(NC(=O)[C@@H](C)OC(=O)c2cc(Cl)ccc2[N+](=O)[O-])cc1. The second-order valence-electron chi connectivity index (χ2n) is 5.71. The summed E-state index contributed by atoms with van der Waals surface area (Å²) in [6.07, 6.45) is -1.22. The summed E-state index contributed by atoms with van der Waals surface area (Å²) in [6.45, 7) is 2.70. The summed E-state index contributed by atoms with van der Waals surface area (Å²) < 4.78 is 5.02. The molecule has 0 saturated heterocycles. The number of hydrogen-bond donors (Lipinski definition) is 2. The second kappa shape index (κ2) is 8.96. The molecule has 2 N–H and O–H groups in total. The molecule has 0 aliphatic heterocycles. The summed E-state index contributed by atoms with van der Waals surface area (Å²) >= 11 is 5.78. The Morgan fingerprint density at radius 1 is 1.07 bits per heavy atom. The zero-order valence-electron chi connectivity index (χ0n) is 14.9. The molecule has 2 aromatic rings. The number of carbonyl (C=O) groups excluding carboxylic acids is 3. The molecule has 2 rings (SSSR count). The van der Waals surface area contributed by atoms with Gasteiger partial charge >= 0.3 is 5.97 Å². The Bertz CT molecular complexity index is 929. The number of ether oxygens (including phenoxy) is 1. The fourth-order valence-corrected chi connectivity index (χ4v) is 2.36. The third-order valence-corrected chi connectivity index (χ3v) is 3.74. The molecule has 0 spiro atoms. The summed E-state index contributed by atoms with van der Waals surface area (Å²) in [5.74, 6) is -1.91. The summed E-state index contributed by atoms with van der Waals surface area (Å²) in [7, 11) is 0. The van der Waals surface area contributed by atoms with Gasteiger partial charge in [0.2, 0.25) is 5.91 Å². The number of rotatable bonds is 6. The minimum Gasteiger partial charge on any atom is -0.449 e. The summed E-state index contributed by atoms with van der Waals surface area (Å²) in [5, 5.41) is 16.3. The van der Waals surface area contributed by atoms with Crippen molar-refractivity contribution in [2.24, 2.45) is 0 Å². The Morgan fingerprint density at radius 2 is 1.64 bits per heavy atom. The zero-order chi connectivity index (χ0) is 20.8. The molecular formula is C18H16ClN3O6. The minimum atomic E-state index is -1.22. The molecule has 28 heavy (non-hydrogen) atoms. The highest BCUT2D eigenvalue weighted by Crippen LogP contribution is 2.24. The van der Waals surface area contributed by atoms with Crippen molar-refractivity contribution in [1.29, 1.82) is 0 Å². The van der Waals surface area contributed by atoms with E-state index in [1.54, 1.807) is 24.3 Å². The number of nitro groups is 1. The lowest BCUT2D eigenvalue weighted by Gasteiger charge is -2.14. The van der Waals surface area contributed by atoms with Gasteiger partial charge < -0.3 is 15.4 Å². The van der Waals surface area contributed by atoms with Gasteiger partial charge in [-0.15, -0.1) is 0 Å². The Kier molecular flexibility index (Phi) is 6.67. The molecule has 2 amide bonds. The Labute approximate surface area is 164 Å². The van der Waals surface area contributed by atoms with Gasteiger partial charge in [0.05, 0.1) is 4.92 Å². The summed E-state index contributed by atoms with van der Waals surface area (Å²) in [4.78, 5) is 45.7. The number of nitrogens with one attached hydrogen (secondary N) is 2. The molecule has 146 valence electrons. The van der Waals surface area contributed by atoms with Gasteiger partial charge in [0.1, 0.15) is 5.56 Å². The van der Waals surface area contributed by atoms with Gasteiger partial charge in [-0.25, -0.2) is 4.79 Å². The van der Waals surface area contributed by atoms with Crippen molar-refractivity contribution < 1.29 is 24.0 Å². The summed E-state index contributed by atoms with van der Waals surface area (Å²) in [5.41, 5.74) is 0.140. The first-order valence-corrected chi connectivity index (χ1v) is 8.38. The third-order valence-electron chi connectivity index (χ3n) is 3.50. The highest BCUT2D eigenvalue weighted by atomic mass is 35.5. The normalized spacial score (nSPS) is 11.2. The number of anilines is 2. The van der Waals surface area contributed by atoms with E-state index < -0.39 is 28.6 Å². The van der Waals surface area contributed by atoms with Crippen molar-refractivity contribution in [1.82, 2.24) is 0 Å². The van der Waals surface area contributed by atoms with Crippen molar-refractivity contribution >= 4 is 46.4 Å². The number of esters is 1. The van der Waals surface area contributed by atoms with E-state index in [0.29, 0.717) is 11.4 Å². The molecule has 0 fully saturated rings. The maximum Gasteiger partial charge on any atom is 0.345 e. The highest BCUT2D eigenvalue weighted by molar-refractivity contribution is 6.31. The fraction of sp³-hybridized carbons (Fsp3) is 0.167. The van der Waals surface area contributed by atoms with E-state index in [1.807, 2.05) is 0 Å². The molecule has 0 aliphatic rings. The van der Waals surface area contributed by atoms with Crippen LogP contribution < -0.4 is 10.6 Å². The molecule has 0 unspecified atom stereocenters. The lowest BCUT2D eigenvalue weighted by molar-refractivity contribution is -0.385. The van der Waals surface area contributed by atoms with Gasteiger partial charge in [0.15, 0.2) is 6.10 Å². The number of benzene rings is 2. The number of hydrogen-bond acceptors (Lipinski definition) is 6. The van der Waals surface area contributed by atoms with Gasteiger partial charge in [-0.2, -0.15) is 0 Å². The zero-order valence-corrected chi connectivity index (χ0v) is 15.6. The van der Waals surface area contributed by atoms with Gasteiger partial charge in [-0.3, -0.25) is 19.7 Å². The minimum absolute atomic E-state index is 0.119. The molecule has 0 aliphatic carbocycles. The largest absolute Gasteiger partial charge is 0.449 e. The topological polar surface area (TPSA) is 128 Å². The first-order chi connectivity index (χ1) is 13.2. The molecular weight excluding hydrogens is 390 g/mol. The van der Waals surface area contributed by atoms with E-state index in [0.717, 1.165) is 12.1 Å². The van der Waals surface area contributed by atoms with Gasteiger partial charge in [0.25, 0.3) is 11.6 Å². The smallest absolute Gasteiger partial charge is 0.345 e. The predicted molar refractivity (Wildman–Crippen MR) is 102 cm³/mol. The predicted octanol–water partition coefficient (Wildman–Crippen LogP) is 3.39. The second-order valence-corrected chi connectivity index (χ2v) is 6.15. The molecule has 0 heterocycles. The van der Waals surface area contributed by atoms with Crippen LogP contribution in [0.15, 0.2) is 42.5 Å². The van der Waals surface area contributed by atoms with Crippen LogP contribution in [0.4, 0.5) is 17.1 Å². The van der Waals surface area contributed by atoms with Crippen LogP contribution in [0.3, 0.4) is 0 Å². The van der Waals surface area contributed by atoms with Crippen LogP contribution in [0.25, 0.3) is 0 Å². The third kappa shape index (κ3) is 5.52. The van der Waals surface area contributed by atoms with E-state index in [1.165, 1.54) is 19.9 Å². The van der Waals surface area contributed by atoms with Crippen LogP contribution >= 0.6 is 11.6 Å². The number of nitrogens with zero attached hydrogens (tertiary/aromatic N) is 1. The van der Waals surface area contributed by atoms with Crippen molar-refractivity contribution in [3.05, 3.63) is 63.2 Å². The van der Waals surface area contributed by atoms with Crippen LogP contribution in [-0.2, 0) is 14.3 Å². The Morgan fingerprint density at radius 3 is 2.18 bits per heavy atom. The Hall–Kier alpha value is -3.46. The van der Waals surface area contributed by atoms with Crippen LogP contribution in [0.2, 0.25) is 5.02 Å². The maximum absolute atomic E-state index is 12.2. The number of halogens is 1. The average molecular weight is 406 g/mol. The molecule has 9 nitrogen and oxygen atoms in total. The molecule has 0 radical (unpaired) electrons. The highest BCUT2D eigenvalue weighted by Gasteiger charge is 2.25. The van der Waals surface area contributed by atoms with Gasteiger partial charge in [0, 0.05) is 29.4 Å². The van der Waals surface area contributed by atoms with Crippen LogP contribution in [0.1, 0.15) is 24.2 Å². The van der Waals surface area contributed by atoms with E-state index in [9.17, 15) is 24.5 Å². The van der Waals surface area contributed by atoms with E-state index >= 15 is 0 Å². The van der Waals surface area contributed by atoms with Crippen molar-refractivity contribution in [3.8, 4) is 0 Å². The molecule has 0 aromatic heterocycles.